The molecule has 33 heavy (non-hydrogen) atoms. The van der Waals surface area contributed by atoms with Crippen LogP contribution in [-0.2, 0) is 5.41 Å². The summed E-state index contributed by atoms with van der Waals surface area (Å²) >= 11 is 0. The number of aromatic nitrogens is 2. The third-order valence-corrected chi connectivity index (χ3v) is 8.50. The minimum Gasteiger partial charge on any atom is -0.301 e. The van der Waals surface area contributed by atoms with Crippen LogP contribution in [0.15, 0.2) is 66.7 Å². The van der Waals surface area contributed by atoms with Gasteiger partial charge in [-0.25, -0.2) is 9.97 Å². The molecule has 3 aliphatic rings. The summed E-state index contributed by atoms with van der Waals surface area (Å²) in [5.74, 6) is 1.95. The smallest absolute Gasteiger partial charge is 0.179 e. The Balaban J connectivity index is 1.58. The van der Waals surface area contributed by atoms with E-state index in [1.165, 1.54) is 34.5 Å². The van der Waals surface area contributed by atoms with Gasteiger partial charge in [0, 0.05) is 22.2 Å². The van der Waals surface area contributed by atoms with Crippen LogP contribution < -0.4 is 9.80 Å². The molecule has 1 fully saturated rings. The van der Waals surface area contributed by atoms with Gasteiger partial charge in [0.1, 0.15) is 6.17 Å². The van der Waals surface area contributed by atoms with E-state index < -0.39 is 0 Å². The zero-order valence-corrected chi connectivity index (χ0v) is 19.6. The van der Waals surface area contributed by atoms with Gasteiger partial charge >= 0.3 is 0 Å². The average Bonchev–Trinajstić information content (AvgIpc) is 3.32. The van der Waals surface area contributed by atoms with E-state index in [4.69, 9.17) is 9.97 Å². The highest BCUT2D eigenvalue weighted by Gasteiger charge is 2.74. The van der Waals surface area contributed by atoms with Crippen LogP contribution in [-0.4, -0.2) is 16.1 Å². The second-order valence-corrected chi connectivity index (χ2v) is 10.4. The van der Waals surface area contributed by atoms with Gasteiger partial charge in [-0.05, 0) is 73.7 Å². The van der Waals surface area contributed by atoms with Crippen molar-refractivity contribution in [3.05, 3.63) is 83.4 Å². The van der Waals surface area contributed by atoms with Crippen molar-refractivity contribution >= 4 is 34.0 Å². The van der Waals surface area contributed by atoms with Crippen molar-refractivity contribution in [3.63, 3.8) is 0 Å². The molecule has 0 bridgehead atoms. The number of aryl methyl sites for hydroxylation is 2. The maximum atomic E-state index is 5.22. The molecule has 7 rings (SSSR count). The van der Waals surface area contributed by atoms with Crippen molar-refractivity contribution in [1.29, 1.82) is 0 Å². The second-order valence-electron chi connectivity index (χ2n) is 10.4. The summed E-state index contributed by atoms with van der Waals surface area (Å²) in [5.41, 5.74) is 8.72. The van der Waals surface area contributed by atoms with Crippen LogP contribution in [0.4, 0.5) is 23.0 Å². The molecule has 3 aromatic carbocycles. The Morgan fingerprint density at radius 1 is 0.848 bits per heavy atom. The van der Waals surface area contributed by atoms with Crippen LogP contribution in [0.5, 0.6) is 0 Å². The summed E-state index contributed by atoms with van der Waals surface area (Å²) in [6.45, 7) is 9.19. The zero-order valence-electron chi connectivity index (χ0n) is 19.6. The van der Waals surface area contributed by atoms with Crippen molar-refractivity contribution in [2.75, 3.05) is 9.80 Å². The molecule has 0 spiro atoms. The van der Waals surface area contributed by atoms with Gasteiger partial charge in [-0.1, -0.05) is 50.2 Å². The molecular weight excluding hydrogens is 404 g/mol. The highest BCUT2D eigenvalue weighted by Crippen LogP contribution is 2.76. The zero-order chi connectivity index (χ0) is 22.5. The molecule has 0 saturated heterocycles. The van der Waals surface area contributed by atoms with E-state index in [2.05, 4.69) is 92.1 Å². The molecule has 1 saturated carbocycles. The first-order chi connectivity index (χ1) is 16.0. The summed E-state index contributed by atoms with van der Waals surface area (Å²) in [7, 11) is 0. The number of rotatable bonds is 2. The first-order valence-corrected chi connectivity index (χ1v) is 12.0. The summed E-state index contributed by atoms with van der Waals surface area (Å²) < 4.78 is 0. The number of anilines is 4. The Bertz CT molecular complexity index is 1460. The lowest BCUT2D eigenvalue weighted by Crippen LogP contribution is -2.50. The third-order valence-electron chi connectivity index (χ3n) is 8.50. The van der Waals surface area contributed by atoms with Crippen molar-refractivity contribution < 1.29 is 0 Å². The monoisotopic (exact) mass is 432 g/mol. The number of nitrogens with zero attached hydrogens (tertiary/aromatic N) is 4. The van der Waals surface area contributed by atoms with E-state index >= 15 is 0 Å². The number of hydrogen-bond acceptors (Lipinski definition) is 4. The summed E-state index contributed by atoms with van der Waals surface area (Å²) in [6, 6.07) is 24.1. The van der Waals surface area contributed by atoms with Gasteiger partial charge in [0.2, 0.25) is 0 Å². The molecule has 3 unspecified atom stereocenters. The van der Waals surface area contributed by atoms with Gasteiger partial charge in [-0.15, -0.1) is 0 Å². The van der Waals surface area contributed by atoms with Gasteiger partial charge in [-0.2, -0.15) is 0 Å². The molecule has 0 radical (unpaired) electrons. The number of fused-ring (bicyclic) bond motifs is 9. The molecule has 3 atom stereocenters. The summed E-state index contributed by atoms with van der Waals surface area (Å²) in [6.07, 6.45) is 2.48. The van der Waals surface area contributed by atoms with E-state index in [-0.39, 0.29) is 17.0 Å². The Morgan fingerprint density at radius 2 is 1.55 bits per heavy atom. The minimum absolute atomic E-state index is 0.113. The third kappa shape index (κ3) is 2.26. The molecule has 4 aromatic rings. The molecule has 164 valence electrons. The molecule has 0 amide bonds. The maximum absolute atomic E-state index is 5.22. The first kappa shape index (κ1) is 19.1. The van der Waals surface area contributed by atoms with E-state index in [1.54, 1.807) is 0 Å². The molecule has 0 N–H and O–H groups in total. The van der Waals surface area contributed by atoms with Crippen LogP contribution in [0.3, 0.4) is 0 Å². The Hall–Kier alpha value is -3.40. The Morgan fingerprint density at radius 3 is 2.24 bits per heavy atom. The minimum atomic E-state index is 0.113. The molecule has 4 heteroatoms. The molecular formula is C29H28N4. The lowest BCUT2D eigenvalue weighted by atomic mass is 9.78. The normalized spacial score (nSPS) is 26.6. The van der Waals surface area contributed by atoms with Crippen molar-refractivity contribution in [1.82, 2.24) is 9.97 Å². The highest BCUT2D eigenvalue weighted by atomic mass is 15.5. The Labute approximate surface area is 194 Å². The predicted molar refractivity (Wildman–Crippen MR) is 135 cm³/mol. The number of para-hydroxylation sites is 2. The number of benzene rings is 3. The van der Waals surface area contributed by atoms with E-state index in [9.17, 15) is 0 Å². The fourth-order valence-electron chi connectivity index (χ4n) is 6.80. The Kier molecular flexibility index (Phi) is 3.55. The SMILES string of the molecule is CCC12CC1(C)C1N(c3cccc(C)c3)c3nc4ccccc4nc3N1c1cc(C)ccc12. The van der Waals surface area contributed by atoms with E-state index in [0.29, 0.717) is 0 Å². The maximum Gasteiger partial charge on any atom is 0.179 e. The van der Waals surface area contributed by atoms with Gasteiger partial charge in [0.25, 0.3) is 0 Å². The van der Waals surface area contributed by atoms with Crippen LogP contribution in [0.2, 0.25) is 0 Å². The van der Waals surface area contributed by atoms with Gasteiger partial charge in [0.05, 0.1) is 11.0 Å². The number of hydrogen-bond donors (Lipinski definition) is 0. The van der Waals surface area contributed by atoms with E-state index in [1.807, 2.05) is 12.1 Å². The fraction of sp³-hybridized carbons (Fsp3) is 0.310. The van der Waals surface area contributed by atoms with Gasteiger partial charge in [-0.3, -0.25) is 0 Å². The summed E-state index contributed by atoms with van der Waals surface area (Å²) in [4.78, 5) is 15.4. The molecule has 2 aliphatic heterocycles. The second kappa shape index (κ2) is 6.13. The molecule has 1 aliphatic carbocycles. The van der Waals surface area contributed by atoms with Crippen molar-refractivity contribution in [2.24, 2.45) is 5.41 Å². The standard InChI is InChI=1S/C29H28N4/c1-5-29-17-28(29,4)27-32(20-10-8-9-18(2)15-20)25-26(31-23-12-7-6-11-22(23)30-25)33(27)24-16-19(3)13-14-21(24)29/h6-16,27H,5,17H2,1-4H3. The van der Waals surface area contributed by atoms with E-state index in [0.717, 1.165) is 29.1 Å². The van der Waals surface area contributed by atoms with Gasteiger partial charge < -0.3 is 9.80 Å². The predicted octanol–water partition coefficient (Wildman–Crippen LogP) is 6.93. The quantitative estimate of drug-likeness (QED) is 0.344. The first-order valence-electron chi connectivity index (χ1n) is 12.0. The van der Waals surface area contributed by atoms with Crippen molar-refractivity contribution in [3.8, 4) is 0 Å². The van der Waals surface area contributed by atoms with Crippen LogP contribution >= 0.6 is 0 Å². The summed E-state index contributed by atoms with van der Waals surface area (Å²) in [5, 5.41) is 0. The van der Waals surface area contributed by atoms with Crippen LogP contribution in [0, 0.1) is 19.3 Å². The van der Waals surface area contributed by atoms with Gasteiger partial charge in [0.15, 0.2) is 11.6 Å². The van der Waals surface area contributed by atoms with Crippen molar-refractivity contribution in [2.45, 2.75) is 52.1 Å². The molecule has 3 heterocycles. The largest absolute Gasteiger partial charge is 0.301 e. The molecule has 1 aromatic heterocycles. The highest BCUT2D eigenvalue weighted by molar-refractivity contribution is 5.92. The lowest BCUT2D eigenvalue weighted by Gasteiger charge is -2.45. The average molecular weight is 433 g/mol. The lowest BCUT2D eigenvalue weighted by molar-refractivity contribution is 0.351. The topological polar surface area (TPSA) is 32.3 Å². The van der Waals surface area contributed by atoms with Crippen LogP contribution in [0.1, 0.15) is 43.4 Å². The molecule has 4 nitrogen and oxygen atoms in total. The fourth-order valence-corrected chi connectivity index (χ4v) is 6.80. The van der Waals surface area contributed by atoms with Crippen LogP contribution in [0.25, 0.3) is 11.0 Å².